The van der Waals surface area contributed by atoms with Gasteiger partial charge in [-0.25, -0.2) is 4.98 Å². The highest BCUT2D eigenvalue weighted by Crippen LogP contribution is 2.10. The zero-order valence-electron chi connectivity index (χ0n) is 11.2. The molecule has 0 atom stereocenters. The summed E-state index contributed by atoms with van der Waals surface area (Å²) in [6.07, 6.45) is 5.19. The minimum atomic E-state index is 0.237. The lowest BCUT2D eigenvalue weighted by atomic mass is 10.1. The van der Waals surface area contributed by atoms with Gasteiger partial charge < -0.3 is 9.88 Å². The SMILES string of the molecule is Cc1nccn1CCN1CCCNC(C)(C)C1. The van der Waals surface area contributed by atoms with Crippen molar-refractivity contribution < 1.29 is 0 Å². The zero-order chi connectivity index (χ0) is 12.3. The van der Waals surface area contributed by atoms with Gasteiger partial charge in [-0.15, -0.1) is 0 Å². The fraction of sp³-hybridized carbons (Fsp3) is 0.769. The molecule has 1 N–H and O–H groups in total. The van der Waals surface area contributed by atoms with Crippen LogP contribution in [0.5, 0.6) is 0 Å². The Morgan fingerprint density at radius 2 is 2.24 bits per heavy atom. The van der Waals surface area contributed by atoms with Gasteiger partial charge in [0.2, 0.25) is 0 Å². The fourth-order valence-corrected chi connectivity index (χ4v) is 2.50. The van der Waals surface area contributed by atoms with Crippen LogP contribution in [0.1, 0.15) is 26.1 Å². The summed E-state index contributed by atoms with van der Waals surface area (Å²) in [4.78, 5) is 6.81. The third kappa shape index (κ3) is 3.54. The second-order valence-corrected chi connectivity index (χ2v) is 5.61. The molecule has 0 spiro atoms. The lowest BCUT2D eigenvalue weighted by Crippen LogP contribution is -2.46. The molecule has 0 amide bonds. The molecule has 0 aromatic carbocycles. The Bertz CT molecular complexity index is 356. The van der Waals surface area contributed by atoms with Crippen molar-refractivity contribution in [2.45, 2.75) is 39.3 Å². The molecule has 1 fully saturated rings. The van der Waals surface area contributed by atoms with Gasteiger partial charge in [0.15, 0.2) is 0 Å². The summed E-state index contributed by atoms with van der Waals surface area (Å²) in [5.74, 6) is 1.11. The van der Waals surface area contributed by atoms with Crippen molar-refractivity contribution in [3.05, 3.63) is 18.2 Å². The first-order chi connectivity index (χ1) is 8.07. The average molecular weight is 236 g/mol. The number of rotatable bonds is 3. The van der Waals surface area contributed by atoms with Crippen molar-refractivity contribution >= 4 is 0 Å². The topological polar surface area (TPSA) is 33.1 Å². The molecule has 4 nitrogen and oxygen atoms in total. The van der Waals surface area contributed by atoms with E-state index in [1.165, 1.54) is 13.0 Å². The lowest BCUT2D eigenvalue weighted by Gasteiger charge is -2.30. The highest BCUT2D eigenvalue weighted by molar-refractivity contribution is 4.89. The normalized spacial score (nSPS) is 21.4. The maximum absolute atomic E-state index is 4.26. The molecule has 0 bridgehead atoms. The molecule has 1 aromatic heterocycles. The van der Waals surface area contributed by atoms with E-state index in [1.807, 2.05) is 6.20 Å². The Morgan fingerprint density at radius 3 is 2.94 bits per heavy atom. The first kappa shape index (κ1) is 12.6. The number of hydrogen-bond donors (Lipinski definition) is 1. The zero-order valence-corrected chi connectivity index (χ0v) is 11.2. The van der Waals surface area contributed by atoms with E-state index in [4.69, 9.17) is 0 Å². The molecule has 2 heterocycles. The average Bonchev–Trinajstić information content (AvgIpc) is 2.57. The molecule has 1 saturated heterocycles. The molecule has 0 aliphatic carbocycles. The van der Waals surface area contributed by atoms with Gasteiger partial charge in [0.05, 0.1) is 0 Å². The largest absolute Gasteiger partial charge is 0.334 e. The van der Waals surface area contributed by atoms with Gasteiger partial charge in [-0.1, -0.05) is 0 Å². The summed E-state index contributed by atoms with van der Waals surface area (Å²) in [7, 11) is 0. The second kappa shape index (κ2) is 5.19. The minimum Gasteiger partial charge on any atom is -0.334 e. The molecule has 0 saturated carbocycles. The second-order valence-electron chi connectivity index (χ2n) is 5.61. The van der Waals surface area contributed by atoms with Crippen molar-refractivity contribution in [1.29, 1.82) is 0 Å². The van der Waals surface area contributed by atoms with E-state index in [0.29, 0.717) is 0 Å². The van der Waals surface area contributed by atoms with Crippen molar-refractivity contribution in [2.24, 2.45) is 0 Å². The van der Waals surface area contributed by atoms with Crippen LogP contribution in [0.25, 0.3) is 0 Å². The third-order valence-corrected chi connectivity index (χ3v) is 3.45. The van der Waals surface area contributed by atoms with Gasteiger partial charge >= 0.3 is 0 Å². The van der Waals surface area contributed by atoms with Gasteiger partial charge in [0.25, 0.3) is 0 Å². The number of hydrogen-bond acceptors (Lipinski definition) is 3. The monoisotopic (exact) mass is 236 g/mol. The molecule has 0 radical (unpaired) electrons. The van der Waals surface area contributed by atoms with Crippen LogP contribution in [0, 0.1) is 6.92 Å². The summed E-state index contributed by atoms with van der Waals surface area (Å²) in [5, 5.41) is 3.59. The van der Waals surface area contributed by atoms with Crippen LogP contribution in [0.3, 0.4) is 0 Å². The Balaban J connectivity index is 1.88. The summed E-state index contributed by atoms with van der Waals surface area (Å²) < 4.78 is 2.23. The minimum absolute atomic E-state index is 0.237. The number of aromatic nitrogens is 2. The highest BCUT2D eigenvalue weighted by Gasteiger charge is 2.23. The predicted molar refractivity (Wildman–Crippen MR) is 70.1 cm³/mol. The van der Waals surface area contributed by atoms with Crippen LogP contribution in [0.2, 0.25) is 0 Å². The number of aryl methyl sites for hydroxylation is 1. The van der Waals surface area contributed by atoms with E-state index in [1.54, 1.807) is 0 Å². The van der Waals surface area contributed by atoms with Crippen LogP contribution in [-0.4, -0.2) is 46.2 Å². The van der Waals surface area contributed by atoms with Gasteiger partial charge in [0, 0.05) is 37.6 Å². The van der Waals surface area contributed by atoms with Crippen molar-refractivity contribution in [2.75, 3.05) is 26.2 Å². The Hall–Kier alpha value is -0.870. The Labute approximate surface area is 104 Å². The molecule has 96 valence electrons. The molecule has 1 aliphatic rings. The van der Waals surface area contributed by atoms with Crippen LogP contribution in [0.15, 0.2) is 12.4 Å². The maximum atomic E-state index is 4.26. The lowest BCUT2D eigenvalue weighted by molar-refractivity contribution is 0.223. The van der Waals surface area contributed by atoms with Gasteiger partial charge in [-0.05, 0) is 40.3 Å². The van der Waals surface area contributed by atoms with E-state index in [2.05, 4.69) is 46.7 Å². The van der Waals surface area contributed by atoms with E-state index >= 15 is 0 Å². The Morgan fingerprint density at radius 1 is 1.41 bits per heavy atom. The Kier molecular flexibility index (Phi) is 3.84. The van der Waals surface area contributed by atoms with Crippen molar-refractivity contribution in [3.63, 3.8) is 0 Å². The molecular weight excluding hydrogens is 212 g/mol. The first-order valence-electron chi connectivity index (χ1n) is 6.52. The summed E-state index contributed by atoms with van der Waals surface area (Å²) in [5.41, 5.74) is 0.237. The smallest absolute Gasteiger partial charge is 0.105 e. The molecule has 4 heteroatoms. The van der Waals surface area contributed by atoms with E-state index in [-0.39, 0.29) is 5.54 Å². The summed E-state index contributed by atoms with van der Waals surface area (Å²) >= 11 is 0. The van der Waals surface area contributed by atoms with Crippen molar-refractivity contribution in [1.82, 2.24) is 19.8 Å². The molecule has 17 heavy (non-hydrogen) atoms. The van der Waals surface area contributed by atoms with Gasteiger partial charge in [-0.2, -0.15) is 0 Å². The quantitative estimate of drug-likeness (QED) is 0.858. The standard InChI is InChI=1S/C13H24N4/c1-12-14-6-8-17(12)10-9-16-7-4-5-15-13(2,3)11-16/h6,8,15H,4-5,7,9-11H2,1-3H3. The van der Waals surface area contributed by atoms with Crippen LogP contribution in [-0.2, 0) is 6.54 Å². The third-order valence-electron chi connectivity index (χ3n) is 3.45. The first-order valence-corrected chi connectivity index (χ1v) is 6.52. The molecule has 0 unspecified atom stereocenters. The molecule has 1 aromatic rings. The molecule has 1 aliphatic heterocycles. The molecular formula is C13H24N4. The van der Waals surface area contributed by atoms with Crippen molar-refractivity contribution in [3.8, 4) is 0 Å². The number of imidazole rings is 1. The summed E-state index contributed by atoms with van der Waals surface area (Å²) in [6, 6.07) is 0. The number of nitrogens with zero attached hydrogens (tertiary/aromatic N) is 3. The molecule has 2 rings (SSSR count). The van der Waals surface area contributed by atoms with Crippen LogP contribution >= 0.6 is 0 Å². The van der Waals surface area contributed by atoms with E-state index in [0.717, 1.165) is 32.0 Å². The van der Waals surface area contributed by atoms with Crippen LogP contribution in [0.4, 0.5) is 0 Å². The van der Waals surface area contributed by atoms with E-state index < -0.39 is 0 Å². The fourth-order valence-electron chi connectivity index (χ4n) is 2.50. The summed E-state index contributed by atoms with van der Waals surface area (Å²) in [6.45, 7) is 12.2. The van der Waals surface area contributed by atoms with Gasteiger partial charge in [-0.3, -0.25) is 4.90 Å². The maximum Gasteiger partial charge on any atom is 0.105 e. The van der Waals surface area contributed by atoms with E-state index in [9.17, 15) is 0 Å². The predicted octanol–water partition coefficient (Wildman–Crippen LogP) is 1.27. The van der Waals surface area contributed by atoms with Crippen LogP contribution < -0.4 is 5.32 Å². The van der Waals surface area contributed by atoms with Gasteiger partial charge in [0.1, 0.15) is 5.82 Å². The number of nitrogens with one attached hydrogen (secondary N) is 1. The highest BCUT2D eigenvalue weighted by atomic mass is 15.2.